The molecule has 0 aliphatic carbocycles. The third-order valence-corrected chi connectivity index (χ3v) is 2.89. The topological polar surface area (TPSA) is 39.1 Å². The Kier molecular flexibility index (Phi) is 4.84. The second-order valence-corrected chi connectivity index (χ2v) is 4.32. The molecule has 1 N–H and O–H groups in total. The average Bonchev–Trinajstić information content (AvgIpc) is 2.86. The van der Waals surface area contributed by atoms with Crippen molar-refractivity contribution in [3.63, 3.8) is 0 Å². The van der Waals surface area contributed by atoms with Crippen LogP contribution in [-0.4, -0.2) is 16.2 Å². The van der Waals surface area contributed by atoms with Gasteiger partial charge in [-0.05, 0) is 25.5 Å². The van der Waals surface area contributed by atoms with Gasteiger partial charge in [-0.2, -0.15) is 0 Å². The lowest BCUT2D eigenvalue weighted by atomic mass is 10.3. The normalized spacial score (nSPS) is 10.4. The summed E-state index contributed by atoms with van der Waals surface area (Å²) in [7, 11) is 0. The molecule has 19 heavy (non-hydrogen) atoms. The van der Waals surface area contributed by atoms with Crippen molar-refractivity contribution in [1.82, 2.24) is 9.55 Å². The van der Waals surface area contributed by atoms with Gasteiger partial charge in [-0.3, -0.25) is 0 Å². The summed E-state index contributed by atoms with van der Waals surface area (Å²) in [6, 6.07) is 7.99. The van der Waals surface area contributed by atoms with Crippen LogP contribution in [0.4, 0.5) is 5.69 Å². The monoisotopic (exact) mass is 259 g/mol. The summed E-state index contributed by atoms with van der Waals surface area (Å²) >= 11 is 0. The highest BCUT2D eigenvalue weighted by Crippen LogP contribution is 2.24. The number of aryl methyl sites for hydroxylation is 1. The molecule has 4 nitrogen and oxygen atoms in total. The smallest absolute Gasteiger partial charge is 0.142 e. The maximum absolute atomic E-state index is 5.59. The Morgan fingerprint density at radius 1 is 1.26 bits per heavy atom. The minimum Gasteiger partial charge on any atom is -0.492 e. The maximum atomic E-state index is 5.59. The Bertz CT molecular complexity index is 508. The molecule has 0 radical (unpaired) electrons. The Morgan fingerprint density at radius 3 is 2.89 bits per heavy atom. The highest BCUT2D eigenvalue weighted by molar-refractivity contribution is 5.56. The van der Waals surface area contributed by atoms with Crippen LogP contribution < -0.4 is 10.1 Å². The first-order valence-corrected chi connectivity index (χ1v) is 6.80. The van der Waals surface area contributed by atoms with Crippen LogP contribution in [0.1, 0.15) is 26.1 Å². The number of hydrogen-bond acceptors (Lipinski definition) is 3. The SMILES string of the molecule is CCCn1ccnc1CNc1ccccc1OCC. The lowest BCUT2D eigenvalue weighted by molar-refractivity contribution is 0.341. The van der Waals surface area contributed by atoms with E-state index in [0.717, 1.165) is 30.2 Å². The van der Waals surface area contributed by atoms with Gasteiger partial charge in [0.2, 0.25) is 0 Å². The second kappa shape index (κ2) is 6.83. The largest absolute Gasteiger partial charge is 0.492 e. The molecule has 0 fully saturated rings. The van der Waals surface area contributed by atoms with Crippen molar-refractivity contribution < 1.29 is 4.74 Å². The van der Waals surface area contributed by atoms with Gasteiger partial charge >= 0.3 is 0 Å². The molecular formula is C15H21N3O. The molecule has 0 aliphatic rings. The molecule has 0 saturated heterocycles. The fraction of sp³-hybridized carbons (Fsp3) is 0.400. The van der Waals surface area contributed by atoms with Crippen LogP contribution in [-0.2, 0) is 13.1 Å². The summed E-state index contributed by atoms with van der Waals surface area (Å²) in [5.74, 6) is 1.94. The molecule has 0 spiro atoms. The lowest BCUT2D eigenvalue weighted by Crippen LogP contribution is -2.09. The Morgan fingerprint density at radius 2 is 2.11 bits per heavy atom. The summed E-state index contributed by atoms with van der Waals surface area (Å²) in [4.78, 5) is 4.39. The highest BCUT2D eigenvalue weighted by atomic mass is 16.5. The fourth-order valence-corrected chi connectivity index (χ4v) is 2.02. The van der Waals surface area contributed by atoms with E-state index in [9.17, 15) is 0 Å². The quantitative estimate of drug-likeness (QED) is 0.829. The van der Waals surface area contributed by atoms with Crippen molar-refractivity contribution in [2.24, 2.45) is 0 Å². The Labute approximate surface area is 114 Å². The zero-order valence-electron chi connectivity index (χ0n) is 11.6. The molecule has 0 bridgehead atoms. The van der Waals surface area contributed by atoms with Crippen LogP contribution in [0.3, 0.4) is 0 Å². The van der Waals surface area contributed by atoms with Crippen LogP contribution in [0.5, 0.6) is 5.75 Å². The third kappa shape index (κ3) is 3.50. The molecule has 0 aliphatic heterocycles. The van der Waals surface area contributed by atoms with E-state index >= 15 is 0 Å². The molecule has 2 aromatic rings. The van der Waals surface area contributed by atoms with Gasteiger partial charge in [0.1, 0.15) is 11.6 Å². The number of rotatable bonds is 7. The number of para-hydroxylation sites is 2. The summed E-state index contributed by atoms with van der Waals surface area (Å²) in [5.41, 5.74) is 1.01. The molecule has 1 heterocycles. The molecule has 1 aromatic heterocycles. The predicted octanol–water partition coefficient (Wildman–Crippen LogP) is 3.30. The lowest BCUT2D eigenvalue weighted by Gasteiger charge is -2.12. The van der Waals surface area contributed by atoms with Gasteiger partial charge in [-0.25, -0.2) is 4.98 Å². The first kappa shape index (κ1) is 13.5. The van der Waals surface area contributed by atoms with Crippen LogP contribution in [0.2, 0.25) is 0 Å². The highest BCUT2D eigenvalue weighted by Gasteiger charge is 2.05. The molecule has 0 atom stereocenters. The van der Waals surface area contributed by atoms with E-state index in [0.29, 0.717) is 13.2 Å². The number of benzene rings is 1. The van der Waals surface area contributed by atoms with Gasteiger partial charge < -0.3 is 14.6 Å². The first-order chi connectivity index (χ1) is 9.35. The van der Waals surface area contributed by atoms with E-state index in [1.165, 1.54) is 0 Å². The molecule has 4 heteroatoms. The first-order valence-electron chi connectivity index (χ1n) is 6.80. The molecule has 0 saturated carbocycles. The second-order valence-electron chi connectivity index (χ2n) is 4.32. The number of anilines is 1. The van der Waals surface area contributed by atoms with E-state index in [-0.39, 0.29) is 0 Å². The number of ether oxygens (including phenoxy) is 1. The molecule has 0 unspecified atom stereocenters. The van der Waals surface area contributed by atoms with Crippen LogP contribution in [0.15, 0.2) is 36.7 Å². The van der Waals surface area contributed by atoms with E-state index in [1.807, 2.05) is 43.6 Å². The molecular weight excluding hydrogens is 238 g/mol. The van der Waals surface area contributed by atoms with Gasteiger partial charge in [-0.15, -0.1) is 0 Å². The minimum atomic E-state index is 0.670. The van der Waals surface area contributed by atoms with Crippen molar-refractivity contribution in [2.45, 2.75) is 33.4 Å². The number of aromatic nitrogens is 2. The van der Waals surface area contributed by atoms with Crippen LogP contribution in [0, 0.1) is 0 Å². The maximum Gasteiger partial charge on any atom is 0.142 e. The van der Waals surface area contributed by atoms with Crippen molar-refractivity contribution in [2.75, 3.05) is 11.9 Å². The molecule has 102 valence electrons. The average molecular weight is 259 g/mol. The molecule has 2 rings (SSSR count). The Hall–Kier alpha value is -1.97. The number of nitrogens with zero attached hydrogens (tertiary/aromatic N) is 2. The van der Waals surface area contributed by atoms with E-state index in [1.54, 1.807) is 0 Å². The van der Waals surface area contributed by atoms with Gasteiger partial charge in [0.25, 0.3) is 0 Å². The van der Waals surface area contributed by atoms with Crippen molar-refractivity contribution in [1.29, 1.82) is 0 Å². The van der Waals surface area contributed by atoms with Crippen LogP contribution >= 0.6 is 0 Å². The summed E-state index contributed by atoms with van der Waals surface area (Å²) in [5, 5.41) is 3.39. The zero-order chi connectivity index (χ0) is 13.5. The van der Waals surface area contributed by atoms with Gasteiger partial charge in [-0.1, -0.05) is 19.1 Å². The standard InChI is InChI=1S/C15H21N3O/c1-3-10-18-11-9-16-15(18)12-17-13-7-5-6-8-14(13)19-4-2/h5-9,11,17H,3-4,10,12H2,1-2H3. The summed E-state index contributed by atoms with van der Waals surface area (Å²) in [6.07, 6.45) is 4.98. The van der Waals surface area contributed by atoms with Gasteiger partial charge in [0.15, 0.2) is 0 Å². The van der Waals surface area contributed by atoms with Crippen molar-refractivity contribution in [3.8, 4) is 5.75 Å². The Balaban J connectivity index is 2.03. The predicted molar refractivity (Wildman–Crippen MR) is 77.5 cm³/mol. The fourth-order valence-electron chi connectivity index (χ4n) is 2.02. The zero-order valence-corrected chi connectivity index (χ0v) is 11.6. The van der Waals surface area contributed by atoms with Crippen molar-refractivity contribution >= 4 is 5.69 Å². The minimum absolute atomic E-state index is 0.670. The van der Waals surface area contributed by atoms with E-state index in [2.05, 4.69) is 21.8 Å². The van der Waals surface area contributed by atoms with Gasteiger partial charge in [0.05, 0.1) is 18.8 Å². The summed E-state index contributed by atoms with van der Waals surface area (Å²) in [6.45, 7) is 6.54. The number of hydrogen-bond donors (Lipinski definition) is 1. The number of imidazole rings is 1. The summed E-state index contributed by atoms with van der Waals surface area (Å²) < 4.78 is 7.77. The van der Waals surface area contributed by atoms with Crippen LogP contribution in [0.25, 0.3) is 0 Å². The van der Waals surface area contributed by atoms with Gasteiger partial charge in [0, 0.05) is 18.9 Å². The van der Waals surface area contributed by atoms with E-state index < -0.39 is 0 Å². The molecule has 0 amide bonds. The number of nitrogens with one attached hydrogen (secondary N) is 1. The van der Waals surface area contributed by atoms with Crippen molar-refractivity contribution in [3.05, 3.63) is 42.5 Å². The molecule has 1 aromatic carbocycles. The third-order valence-electron chi connectivity index (χ3n) is 2.89. The van der Waals surface area contributed by atoms with E-state index in [4.69, 9.17) is 4.74 Å².